The first-order valence-corrected chi connectivity index (χ1v) is 9.77. The molecule has 0 atom stereocenters. The highest BCUT2D eigenvalue weighted by molar-refractivity contribution is 5.66. The summed E-state index contributed by atoms with van der Waals surface area (Å²) in [5.41, 5.74) is 2.46. The molecule has 0 saturated heterocycles. The van der Waals surface area contributed by atoms with Gasteiger partial charge in [0.2, 0.25) is 11.7 Å². The zero-order chi connectivity index (χ0) is 21.2. The van der Waals surface area contributed by atoms with E-state index in [1.807, 2.05) is 43.3 Å². The molecule has 0 unspecified atom stereocenters. The molecule has 0 spiro atoms. The van der Waals surface area contributed by atoms with Gasteiger partial charge in [-0.1, -0.05) is 11.2 Å². The second-order valence-corrected chi connectivity index (χ2v) is 6.77. The molecule has 4 heterocycles. The number of rotatable bonds is 6. The van der Waals surface area contributed by atoms with E-state index in [0.717, 1.165) is 11.3 Å². The van der Waals surface area contributed by atoms with E-state index < -0.39 is 0 Å². The number of benzene rings is 1. The summed E-state index contributed by atoms with van der Waals surface area (Å²) in [6.45, 7) is 2.70. The maximum absolute atomic E-state index is 13.0. The van der Waals surface area contributed by atoms with Crippen LogP contribution >= 0.6 is 0 Å². The van der Waals surface area contributed by atoms with E-state index in [-0.39, 0.29) is 12.1 Å². The van der Waals surface area contributed by atoms with E-state index in [2.05, 4.69) is 20.2 Å². The molecule has 0 aliphatic heterocycles. The Morgan fingerprint density at radius 3 is 2.71 bits per heavy atom. The highest BCUT2D eigenvalue weighted by Gasteiger charge is 2.13. The summed E-state index contributed by atoms with van der Waals surface area (Å²) < 4.78 is 13.9. The largest absolute Gasteiger partial charge is 0.494 e. The van der Waals surface area contributed by atoms with Crippen LogP contribution in [0, 0.1) is 0 Å². The van der Waals surface area contributed by atoms with Gasteiger partial charge >= 0.3 is 0 Å². The molecule has 1 aromatic carbocycles. The minimum absolute atomic E-state index is 0.152. The monoisotopic (exact) mass is 414 g/mol. The van der Waals surface area contributed by atoms with E-state index in [9.17, 15) is 4.79 Å². The molecular formula is C22H18N6O3. The smallest absolute Gasteiger partial charge is 0.277 e. The molecule has 5 aromatic rings. The lowest BCUT2D eigenvalue weighted by Gasteiger charge is -2.02. The molecule has 9 nitrogen and oxygen atoms in total. The number of nitrogens with zero attached hydrogens (tertiary/aromatic N) is 6. The number of hydrogen-bond acceptors (Lipinski definition) is 7. The number of fused-ring (bicyclic) bond motifs is 1. The van der Waals surface area contributed by atoms with Crippen molar-refractivity contribution in [3.8, 4) is 28.5 Å². The fourth-order valence-corrected chi connectivity index (χ4v) is 3.24. The van der Waals surface area contributed by atoms with Gasteiger partial charge in [0.1, 0.15) is 23.5 Å². The van der Waals surface area contributed by atoms with Crippen LogP contribution in [-0.4, -0.2) is 35.9 Å². The summed E-state index contributed by atoms with van der Waals surface area (Å²) >= 11 is 0. The third-order valence-corrected chi connectivity index (χ3v) is 4.73. The van der Waals surface area contributed by atoms with Crippen molar-refractivity contribution in [3.63, 3.8) is 0 Å². The lowest BCUT2D eigenvalue weighted by Crippen LogP contribution is -2.21. The van der Waals surface area contributed by atoms with Crippen molar-refractivity contribution in [3.05, 3.63) is 83.4 Å². The van der Waals surface area contributed by atoms with Gasteiger partial charge in [-0.15, -0.1) is 0 Å². The third-order valence-electron chi connectivity index (χ3n) is 4.73. The fourth-order valence-electron chi connectivity index (χ4n) is 3.24. The van der Waals surface area contributed by atoms with Crippen molar-refractivity contribution < 1.29 is 9.26 Å². The van der Waals surface area contributed by atoms with Crippen molar-refractivity contribution >= 4 is 5.52 Å². The second-order valence-electron chi connectivity index (χ2n) is 6.77. The molecule has 31 heavy (non-hydrogen) atoms. The summed E-state index contributed by atoms with van der Waals surface area (Å²) in [6.07, 6.45) is 5.03. The minimum Gasteiger partial charge on any atom is -0.494 e. The standard InChI is InChI=1S/C22H18N6O3/c1-2-30-16-8-6-15(7-9-16)18-13-19-22(29)27(11-12-28(19)25-18)14-20-24-21(26-31-20)17-5-3-4-10-23-17/h3-13H,2,14H2,1H3. The minimum atomic E-state index is -0.204. The highest BCUT2D eigenvalue weighted by Crippen LogP contribution is 2.22. The summed E-state index contributed by atoms with van der Waals surface area (Å²) in [5.74, 6) is 1.49. The first-order chi connectivity index (χ1) is 15.2. The maximum atomic E-state index is 13.0. The van der Waals surface area contributed by atoms with E-state index >= 15 is 0 Å². The van der Waals surface area contributed by atoms with Crippen LogP contribution in [0.15, 0.2) is 76.4 Å². The van der Waals surface area contributed by atoms with Crippen LogP contribution in [-0.2, 0) is 6.54 Å². The zero-order valence-corrected chi connectivity index (χ0v) is 16.7. The van der Waals surface area contributed by atoms with Crippen molar-refractivity contribution in [2.45, 2.75) is 13.5 Å². The van der Waals surface area contributed by atoms with Crippen LogP contribution in [0.3, 0.4) is 0 Å². The van der Waals surface area contributed by atoms with Gasteiger partial charge in [-0.25, -0.2) is 4.52 Å². The summed E-state index contributed by atoms with van der Waals surface area (Å²) in [7, 11) is 0. The predicted molar refractivity (Wildman–Crippen MR) is 113 cm³/mol. The molecule has 0 bridgehead atoms. The molecule has 5 rings (SSSR count). The molecular weight excluding hydrogens is 396 g/mol. The van der Waals surface area contributed by atoms with Crippen LogP contribution in [0.5, 0.6) is 5.75 Å². The van der Waals surface area contributed by atoms with Crippen molar-refractivity contribution in [1.29, 1.82) is 0 Å². The lowest BCUT2D eigenvalue weighted by molar-refractivity contribution is 0.340. The van der Waals surface area contributed by atoms with Crippen LogP contribution in [0.4, 0.5) is 0 Å². The fraction of sp³-hybridized carbons (Fsp3) is 0.136. The Hall–Kier alpha value is -4.27. The normalized spacial score (nSPS) is 11.1. The summed E-state index contributed by atoms with van der Waals surface area (Å²) in [6, 6.07) is 14.8. The SMILES string of the molecule is CCOc1ccc(-c2cc3c(=O)n(Cc4nc(-c5ccccn5)no4)ccn3n2)cc1. The first kappa shape index (κ1) is 18.7. The van der Waals surface area contributed by atoms with Gasteiger partial charge in [-0.3, -0.25) is 9.78 Å². The van der Waals surface area contributed by atoms with Gasteiger partial charge in [-0.2, -0.15) is 10.1 Å². The van der Waals surface area contributed by atoms with Crippen LogP contribution in [0.2, 0.25) is 0 Å². The van der Waals surface area contributed by atoms with Gasteiger partial charge in [-0.05, 0) is 49.4 Å². The van der Waals surface area contributed by atoms with Crippen LogP contribution in [0.1, 0.15) is 12.8 Å². The average molecular weight is 414 g/mol. The maximum Gasteiger partial charge on any atom is 0.277 e. The Morgan fingerprint density at radius 1 is 1.06 bits per heavy atom. The van der Waals surface area contributed by atoms with Gasteiger partial charge in [0.15, 0.2) is 0 Å². The zero-order valence-electron chi connectivity index (χ0n) is 16.7. The Morgan fingerprint density at radius 2 is 1.94 bits per heavy atom. The van der Waals surface area contributed by atoms with Gasteiger partial charge < -0.3 is 13.8 Å². The molecule has 0 radical (unpaired) electrons. The third kappa shape index (κ3) is 3.68. The predicted octanol–water partition coefficient (Wildman–Crippen LogP) is 3.06. The molecule has 0 saturated carbocycles. The summed E-state index contributed by atoms with van der Waals surface area (Å²) in [4.78, 5) is 21.5. The van der Waals surface area contributed by atoms with Crippen LogP contribution < -0.4 is 10.3 Å². The molecule has 0 fully saturated rings. The lowest BCUT2D eigenvalue weighted by atomic mass is 10.1. The number of pyridine rings is 1. The topological polar surface area (TPSA) is 100 Å². The Bertz CT molecular complexity index is 1390. The number of ether oxygens (including phenoxy) is 1. The molecule has 0 N–H and O–H groups in total. The van der Waals surface area contributed by atoms with Crippen molar-refractivity contribution in [1.82, 2.24) is 29.3 Å². The Labute approximate surface area is 176 Å². The van der Waals surface area contributed by atoms with Gasteiger partial charge in [0.05, 0.1) is 12.3 Å². The van der Waals surface area contributed by atoms with E-state index in [0.29, 0.717) is 35.2 Å². The number of aromatic nitrogens is 6. The van der Waals surface area contributed by atoms with Crippen LogP contribution in [0.25, 0.3) is 28.3 Å². The Balaban J connectivity index is 1.43. The molecule has 0 aliphatic carbocycles. The molecule has 0 amide bonds. The van der Waals surface area contributed by atoms with Crippen molar-refractivity contribution in [2.24, 2.45) is 0 Å². The molecule has 0 aliphatic rings. The first-order valence-electron chi connectivity index (χ1n) is 9.77. The van der Waals surface area contributed by atoms with Gasteiger partial charge in [0, 0.05) is 24.2 Å². The van der Waals surface area contributed by atoms with E-state index in [1.54, 1.807) is 35.2 Å². The summed E-state index contributed by atoms with van der Waals surface area (Å²) in [5, 5.41) is 8.46. The van der Waals surface area contributed by atoms with Crippen molar-refractivity contribution in [2.75, 3.05) is 6.61 Å². The van der Waals surface area contributed by atoms with E-state index in [1.165, 1.54) is 4.57 Å². The second kappa shape index (κ2) is 7.86. The Kier molecular flexibility index (Phi) is 4.75. The molecule has 4 aromatic heterocycles. The highest BCUT2D eigenvalue weighted by atomic mass is 16.5. The molecule has 154 valence electrons. The number of hydrogen-bond donors (Lipinski definition) is 0. The van der Waals surface area contributed by atoms with Gasteiger partial charge in [0.25, 0.3) is 5.56 Å². The average Bonchev–Trinajstić information content (AvgIpc) is 3.45. The quantitative estimate of drug-likeness (QED) is 0.421. The van der Waals surface area contributed by atoms with E-state index in [4.69, 9.17) is 9.26 Å². The molecule has 9 heteroatoms.